The summed E-state index contributed by atoms with van der Waals surface area (Å²) in [6.45, 7) is 5.38. The Bertz CT molecular complexity index is 505. The van der Waals surface area contributed by atoms with E-state index in [-0.39, 0.29) is 12.6 Å². The molecular weight excluding hydrogens is 278 g/mol. The molecule has 0 bridgehead atoms. The molecule has 1 aromatic carbocycles. The number of nitrogens with one attached hydrogen (secondary N) is 3. The summed E-state index contributed by atoms with van der Waals surface area (Å²) >= 11 is 0. The first-order chi connectivity index (χ1) is 9.50. The molecule has 3 N–H and O–H groups in total. The molecule has 0 heterocycles. The van der Waals surface area contributed by atoms with Gasteiger partial charge in [-0.3, -0.25) is 4.72 Å². The Morgan fingerprint density at radius 3 is 2.65 bits per heavy atom. The van der Waals surface area contributed by atoms with Crippen molar-refractivity contribution in [3.8, 4) is 0 Å². The van der Waals surface area contributed by atoms with E-state index >= 15 is 0 Å². The van der Waals surface area contributed by atoms with Crippen molar-refractivity contribution in [2.75, 3.05) is 31.5 Å². The number of para-hydroxylation sites is 1. The highest BCUT2D eigenvalue weighted by Gasteiger charge is 2.14. The Labute approximate surface area is 121 Å². The molecule has 0 aliphatic carbocycles. The number of ether oxygens (including phenoxy) is 1. The second kappa shape index (κ2) is 8.21. The van der Waals surface area contributed by atoms with Crippen LogP contribution in [-0.4, -0.2) is 35.2 Å². The van der Waals surface area contributed by atoms with Gasteiger partial charge in [0.25, 0.3) is 10.2 Å². The van der Waals surface area contributed by atoms with Crippen LogP contribution in [0.25, 0.3) is 0 Å². The lowest BCUT2D eigenvalue weighted by Crippen LogP contribution is -2.33. The molecule has 0 saturated carbocycles. The Balaban J connectivity index is 2.81. The minimum Gasteiger partial charge on any atom is -0.383 e. The first-order valence-corrected chi connectivity index (χ1v) is 8.07. The summed E-state index contributed by atoms with van der Waals surface area (Å²) in [4.78, 5) is 0. The van der Waals surface area contributed by atoms with Gasteiger partial charge in [-0.15, -0.1) is 0 Å². The summed E-state index contributed by atoms with van der Waals surface area (Å²) in [5.41, 5.74) is 1.48. The summed E-state index contributed by atoms with van der Waals surface area (Å²) in [5.74, 6) is 0. The number of rotatable bonds is 9. The normalized spacial score (nSPS) is 13.2. The van der Waals surface area contributed by atoms with Crippen molar-refractivity contribution in [3.05, 3.63) is 29.8 Å². The van der Waals surface area contributed by atoms with Gasteiger partial charge in [0.1, 0.15) is 0 Å². The molecule has 7 heteroatoms. The number of hydrogen-bond donors (Lipinski definition) is 3. The van der Waals surface area contributed by atoms with Crippen LogP contribution in [-0.2, 0) is 14.9 Å². The van der Waals surface area contributed by atoms with Crippen LogP contribution < -0.4 is 14.8 Å². The van der Waals surface area contributed by atoms with Gasteiger partial charge in [0.15, 0.2) is 0 Å². The summed E-state index contributed by atoms with van der Waals surface area (Å²) in [7, 11) is -2.06. The van der Waals surface area contributed by atoms with Crippen molar-refractivity contribution in [3.63, 3.8) is 0 Å². The van der Waals surface area contributed by atoms with Crippen LogP contribution in [0.4, 0.5) is 5.69 Å². The standard InChI is InChI=1S/C13H23N3O3S/c1-4-14-11(2)12-7-5-6-8-13(12)16-20(17,18)15-9-10-19-3/h5-8,11,14-16H,4,9-10H2,1-3H3. The molecule has 1 rings (SSSR count). The smallest absolute Gasteiger partial charge is 0.299 e. The first kappa shape index (κ1) is 16.9. The molecule has 1 unspecified atom stereocenters. The highest BCUT2D eigenvalue weighted by molar-refractivity contribution is 7.90. The third-order valence-electron chi connectivity index (χ3n) is 2.78. The largest absolute Gasteiger partial charge is 0.383 e. The fraction of sp³-hybridized carbons (Fsp3) is 0.538. The monoisotopic (exact) mass is 301 g/mol. The van der Waals surface area contributed by atoms with Crippen molar-refractivity contribution in [2.45, 2.75) is 19.9 Å². The van der Waals surface area contributed by atoms with E-state index in [1.165, 1.54) is 7.11 Å². The summed E-state index contributed by atoms with van der Waals surface area (Å²) in [6.07, 6.45) is 0. The highest BCUT2D eigenvalue weighted by atomic mass is 32.2. The zero-order valence-electron chi connectivity index (χ0n) is 12.1. The maximum atomic E-state index is 11.9. The van der Waals surface area contributed by atoms with E-state index in [4.69, 9.17) is 4.74 Å². The van der Waals surface area contributed by atoms with Crippen LogP contribution in [0.5, 0.6) is 0 Å². The molecule has 0 aromatic heterocycles. The zero-order valence-corrected chi connectivity index (χ0v) is 13.0. The van der Waals surface area contributed by atoms with Gasteiger partial charge >= 0.3 is 0 Å². The molecule has 0 aliphatic rings. The fourth-order valence-corrected chi connectivity index (χ4v) is 2.74. The van der Waals surface area contributed by atoms with Crippen LogP contribution in [0.3, 0.4) is 0 Å². The lowest BCUT2D eigenvalue weighted by molar-refractivity contribution is 0.204. The van der Waals surface area contributed by atoms with E-state index in [0.29, 0.717) is 12.3 Å². The average Bonchev–Trinajstić information content (AvgIpc) is 2.39. The molecular formula is C13H23N3O3S. The van der Waals surface area contributed by atoms with Crippen LogP contribution in [0.2, 0.25) is 0 Å². The third-order valence-corrected chi connectivity index (χ3v) is 3.85. The van der Waals surface area contributed by atoms with Crippen molar-refractivity contribution in [1.82, 2.24) is 10.0 Å². The number of methoxy groups -OCH3 is 1. The van der Waals surface area contributed by atoms with Gasteiger partial charge < -0.3 is 10.1 Å². The maximum absolute atomic E-state index is 11.9. The molecule has 1 aromatic rings. The average molecular weight is 301 g/mol. The second-order valence-corrected chi connectivity index (χ2v) is 5.86. The van der Waals surface area contributed by atoms with Crippen molar-refractivity contribution in [2.24, 2.45) is 0 Å². The molecule has 0 amide bonds. The second-order valence-electron chi connectivity index (χ2n) is 4.36. The molecule has 0 saturated heterocycles. The van der Waals surface area contributed by atoms with Gasteiger partial charge in [-0.1, -0.05) is 25.1 Å². The summed E-state index contributed by atoms with van der Waals surface area (Å²) < 4.78 is 33.6. The van der Waals surface area contributed by atoms with Gasteiger partial charge in [0.2, 0.25) is 0 Å². The van der Waals surface area contributed by atoms with Gasteiger partial charge in [-0.25, -0.2) is 0 Å². The molecule has 1 atom stereocenters. The van der Waals surface area contributed by atoms with Gasteiger partial charge in [-0.05, 0) is 25.1 Å². The van der Waals surface area contributed by atoms with Gasteiger partial charge in [0.05, 0.1) is 12.3 Å². The predicted molar refractivity (Wildman–Crippen MR) is 81.0 cm³/mol. The van der Waals surface area contributed by atoms with E-state index in [2.05, 4.69) is 14.8 Å². The van der Waals surface area contributed by atoms with Crippen molar-refractivity contribution >= 4 is 15.9 Å². The number of hydrogen-bond acceptors (Lipinski definition) is 4. The van der Waals surface area contributed by atoms with Crippen LogP contribution in [0.1, 0.15) is 25.5 Å². The van der Waals surface area contributed by atoms with E-state index in [1.54, 1.807) is 12.1 Å². The molecule has 114 valence electrons. The van der Waals surface area contributed by atoms with E-state index < -0.39 is 10.2 Å². The predicted octanol–water partition coefficient (Wildman–Crippen LogP) is 1.25. The summed E-state index contributed by atoms with van der Waals surface area (Å²) in [5, 5.41) is 3.27. The Morgan fingerprint density at radius 1 is 1.30 bits per heavy atom. The molecule has 6 nitrogen and oxygen atoms in total. The number of benzene rings is 1. The quantitative estimate of drug-likeness (QED) is 0.600. The third kappa shape index (κ3) is 5.46. The number of anilines is 1. The first-order valence-electron chi connectivity index (χ1n) is 6.58. The Morgan fingerprint density at radius 2 is 2.00 bits per heavy atom. The lowest BCUT2D eigenvalue weighted by atomic mass is 10.1. The highest BCUT2D eigenvalue weighted by Crippen LogP contribution is 2.23. The Kier molecular flexibility index (Phi) is 6.94. The molecule has 0 spiro atoms. The van der Waals surface area contributed by atoms with Crippen LogP contribution >= 0.6 is 0 Å². The SMILES string of the molecule is CCNC(C)c1ccccc1NS(=O)(=O)NCCOC. The van der Waals surface area contributed by atoms with E-state index in [1.807, 2.05) is 26.0 Å². The van der Waals surface area contributed by atoms with E-state index in [9.17, 15) is 8.42 Å². The molecule has 20 heavy (non-hydrogen) atoms. The van der Waals surface area contributed by atoms with Crippen LogP contribution in [0.15, 0.2) is 24.3 Å². The van der Waals surface area contributed by atoms with Crippen molar-refractivity contribution < 1.29 is 13.2 Å². The minimum atomic E-state index is -3.59. The molecule has 0 radical (unpaired) electrons. The van der Waals surface area contributed by atoms with Crippen LogP contribution in [0, 0.1) is 0 Å². The van der Waals surface area contributed by atoms with Gasteiger partial charge in [-0.2, -0.15) is 13.1 Å². The Hall–Kier alpha value is -1.15. The molecule has 0 fully saturated rings. The van der Waals surface area contributed by atoms with E-state index in [0.717, 1.165) is 12.1 Å². The minimum absolute atomic E-state index is 0.0675. The topological polar surface area (TPSA) is 79.5 Å². The lowest BCUT2D eigenvalue weighted by Gasteiger charge is -2.18. The summed E-state index contributed by atoms with van der Waals surface area (Å²) in [6, 6.07) is 7.41. The van der Waals surface area contributed by atoms with Gasteiger partial charge in [0, 0.05) is 19.7 Å². The zero-order chi connectivity index (χ0) is 15.0. The maximum Gasteiger partial charge on any atom is 0.299 e. The molecule has 0 aliphatic heterocycles. The fourth-order valence-electron chi connectivity index (χ4n) is 1.84. The van der Waals surface area contributed by atoms with Crippen molar-refractivity contribution in [1.29, 1.82) is 0 Å².